The van der Waals surface area contributed by atoms with Crippen LogP contribution in [0.1, 0.15) is 52.5 Å². The van der Waals surface area contributed by atoms with Gasteiger partial charge in [0.1, 0.15) is 22.7 Å². The quantitative estimate of drug-likeness (QED) is 0.0618. The summed E-state index contributed by atoms with van der Waals surface area (Å²) < 4.78 is 21.5. The molecule has 286 valence electrons. The second-order valence-corrected chi connectivity index (χ2v) is 14.2. The van der Waals surface area contributed by atoms with Gasteiger partial charge in [0.25, 0.3) is 5.91 Å². The van der Waals surface area contributed by atoms with Crippen molar-refractivity contribution in [2.45, 2.75) is 70.2 Å². The summed E-state index contributed by atoms with van der Waals surface area (Å²) in [6.45, 7) is 4.07. The molecule has 4 atom stereocenters. The molecule has 3 N–H and O–H groups in total. The number of halogens is 1. The van der Waals surface area contributed by atoms with Crippen LogP contribution >= 0.6 is 33.9 Å². The average Bonchev–Trinajstić information content (AvgIpc) is 3.58. The number of para-hydroxylation sites is 1. The SMILES string of the molecule is COC[C@H](NC(=O)c1cnc(C)s1)C(=O)N[C@@H](COC)C(=O)N[C@@H](CCc1ccccc1)C(=O)[C@@](C)(CI)OC(=O)CCc1ccccc1OC(C)=O. The average molecular weight is 865 g/mol. The van der Waals surface area contributed by atoms with Gasteiger partial charge in [-0.15, -0.1) is 11.3 Å². The highest BCUT2D eigenvalue weighted by Gasteiger charge is 2.42. The van der Waals surface area contributed by atoms with E-state index < -0.39 is 59.2 Å². The van der Waals surface area contributed by atoms with Gasteiger partial charge in [-0.2, -0.15) is 0 Å². The van der Waals surface area contributed by atoms with Gasteiger partial charge in [0.2, 0.25) is 11.8 Å². The molecule has 0 radical (unpaired) electrons. The van der Waals surface area contributed by atoms with Crippen molar-refractivity contribution in [3.8, 4) is 5.75 Å². The van der Waals surface area contributed by atoms with Crippen molar-refractivity contribution in [3.05, 3.63) is 81.8 Å². The minimum atomic E-state index is -1.63. The van der Waals surface area contributed by atoms with E-state index in [9.17, 15) is 28.8 Å². The Balaban J connectivity index is 1.78. The van der Waals surface area contributed by atoms with E-state index in [1.165, 1.54) is 34.3 Å². The molecule has 0 saturated carbocycles. The molecule has 0 aliphatic heterocycles. The number of aromatic nitrogens is 1. The highest BCUT2D eigenvalue weighted by Crippen LogP contribution is 2.24. The van der Waals surface area contributed by atoms with Crippen molar-refractivity contribution in [2.24, 2.45) is 0 Å². The van der Waals surface area contributed by atoms with Gasteiger partial charge in [-0.25, -0.2) is 4.98 Å². The predicted molar refractivity (Wildman–Crippen MR) is 205 cm³/mol. The number of nitrogens with zero attached hydrogens (tertiary/aromatic N) is 1. The largest absolute Gasteiger partial charge is 0.450 e. The number of ketones is 1. The van der Waals surface area contributed by atoms with Gasteiger partial charge in [-0.1, -0.05) is 71.1 Å². The molecule has 3 aromatic rings. The van der Waals surface area contributed by atoms with Gasteiger partial charge in [0, 0.05) is 32.0 Å². The lowest BCUT2D eigenvalue weighted by atomic mass is 9.92. The molecule has 1 aromatic heterocycles. The van der Waals surface area contributed by atoms with E-state index in [1.54, 1.807) is 31.2 Å². The molecule has 3 amide bonds. The van der Waals surface area contributed by atoms with Crippen molar-refractivity contribution in [1.29, 1.82) is 0 Å². The number of amides is 3. The van der Waals surface area contributed by atoms with Crippen LogP contribution < -0.4 is 20.7 Å². The Bertz CT molecular complexity index is 1720. The summed E-state index contributed by atoms with van der Waals surface area (Å²) in [4.78, 5) is 83.3. The number of benzene rings is 2. The normalized spacial score (nSPS) is 13.8. The summed E-state index contributed by atoms with van der Waals surface area (Å²) in [7, 11) is 2.71. The van der Waals surface area contributed by atoms with Crippen molar-refractivity contribution in [3.63, 3.8) is 0 Å². The second kappa shape index (κ2) is 21.4. The fourth-order valence-corrected chi connectivity index (χ4v) is 6.39. The second-order valence-electron chi connectivity index (χ2n) is 12.2. The maximum absolute atomic E-state index is 14.3. The fraction of sp³-hybridized carbons (Fsp3) is 0.432. The first-order chi connectivity index (χ1) is 25.3. The molecule has 0 bridgehead atoms. The number of carbonyl (C=O) groups excluding carboxylic acids is 6. The Kier molecular flexibility index (Phi) is 17.5. The molecule has 0 fully saturated rings. The standard InChI is InChI=1S/C37H45IN4O10S/c1-23-39-19-31(53-23)36(48)42-29(21-50-5)35(47)41-28(20-49-4)34(46)40-27(17-15-25-11-7-6-8-12-25)33(45)37(3,22-38)52-32(44)18-16-26-13-9-10-14-30(26)51-24(2)43/h6-14,19,27-29H,15-18,20-22H2,1-5H3,(H,40,46)(H,41,47)(H,42,48)/t27-,28-,29-,37+/m0/s1. The van der Waals surface area contributed by atoms with Crippen LogP contribution in [-0.2, 0) is 51.0 Å². The van der Waals surface area contributed by atoms with Crippen molar-refractivity contribution in [2.75, 3.05) is 31.9 Å². The molecular weight excluding hydrogens is 819 g/mol. The Morgan fingerprint density at radius 2 is 1.45 bits per heavy atom. The fourth-order valence-electron chi connectivity index (χ4n) is 5.18. The highest BCUT2D eigenvalue weighted by atomic mass is 127. The first-order valence-corrected chi connectivity index (χ1v) is 19.1. The van der Waals surface area contributed by atoms with E-state index in [4.69, 9.17) is 18.9 Å². The van der Waals surface area contributed by atoms with Gasteiger partial charge in [-0.3, -0.25) is 28.8 Å². The molecule has 0 spiro atoms. The van der Waals surface area contributed by atoms with Crippen LogP contribution in [-0.4, -0.2) is 96.0 Å². The molecule has 0 unspecified atom stereocenters. The summed E-state index contributed by atoms with van der Waals surface area (Å²) in [6, 6.07) is 12.6. The molecule has 0 saturated heterocycles. The van der Waals surface area contributed by atoms with Crippen LogP contribution in [0.15, 0.2) is 60.8 Å². The zero-order chi connectivity index (χ0) is 39.0. The van der Waals surface area contributed by atoms with Crippen LogP contribution in [0.3, 0.4) is 0 Å². The van der Waals surface area contributed by atoms with Crippen LogP contribution in [0.4, 0.5) is 0 Å². The first kappa shape index (κ1) is 43.1. The third kappa shape index (κ3) is 13.6. The maximum Gasteiger partial charge on any atom is 0.308 e. The lowest BCUT2D eigenvalue weighted by Gasteiger charge is -2.31. The summed E-state index contributed by atoms with van der Waals surface area (Å²) >= 11 is 3.12. The Morgan fingerprint density at radius 1 is 0.849 bits per heavy atom. The number of rotatable bonds is 21. The van der Waals surface area contributed by atoms with E-state index in [0.29, 0.717) is 27.6 Å². The Labute approximate surface area is 326 Å². The monoisotopic (exact) mass is 864 g/mol. The van der Waals surface area contributed by atoms with Crippen LogP contribution in [0.25, 0.3) is 0 Å². The number of esters is 2. The zero-order valence-corrected chi connectivity index (χ0v) is 33.2. The third-order valence-corrected chi connectivity index (χ3v) is 10.3. The number of nitrogens with one attached hydrogen (secondary N) is 3. The molecule has 1 heterocycles. The topological polar surface area (TPSA) is 188 Å². The van der Waals surface area contributed by atoms with E-state index in [-0.39, 0.29) is 36.9 Å². The molecular formula is C37H45IN4O10S. The number of methoxy groups -OCH3 is 2. The Morgan fingerprint density at radius 3 is 2.04 bits per heavy atom. The molecule has 3 rings (SSSR count). The number of Topliss-reactive ketones (excluding diaryl/α,β-unsaturated/α-hetero) is 1. The summed E-state index contributed by atoms with van der Waals surface area (Å²) in [5, 5.41) is 8.64. The predicted octanol–water partition coefficient (Wildman–Crippen LogP) is 3.31. The third-order valence-electron chi connectivity index (χ3n) is 7.90. The lowest BCUT2D eigenvalue weighted by Crippen LogP contribution is -2.60. The number of alkyl halides is 1. The number of ether oxygens (including phenoxy) is 4. The van der Waals surface area contributed by atoms with E-state index in [1.807, 2.05) is 52.9 Å². The van der Waals surface area contributed by atoms with Crippen LogP contribution in [0, 0.1) is 6.92 Å². The van der Waals surface area contributed by atoms with E-state index in [2.05, 4.69) is 20.9 Å². The zero-order valence-electron chi connectivity index (χ0n) is 30.3. The van der Waals surface area contributed by atoms with Gasteiger partial charge >= 0.3 is 11.9 Å². The number of thiazole rings is 1. The minimum Gasteiger partial charge on any atom is -0.450 e. The highest BCUT2D eigenvalue weighted by molar-refractivity contribution is 14.1. The minimum absolute atomic E-state index is 0.0764. The van der Waals surface area contributed by atoms with Gasteiger partial charge in [0.05, 0.1) is 30.5 Å². The molecule has 14 nitrogen and oxygen atoms in total. The first-order valence-electron chi connectivity index (χ1n) is 16.7. The number of hydrogen-bond acceptors (Lipinski definition) is 12. The summed E-state index contributed by atoms with van der Waals surface area (Å²) in [5.74, 6) is -3.35. The molecule has 16 heteroatoms. The summed E-state index contributed by atoms with van der Waals surface area (Å²) in [6.07, 6.45) is 2.03. The Hall–Kier alpha value is -4.26. The number of aryl methyl sites for hydroxylation is 3. The number of carbonyl (C=O) groups is 6. The van der Waals surface area contributed by atoms with Crippen LogP contribution in [0.2, 0.25) is 0 Å². The van der Waals surface area contributed by atoms with Crippen molar-refractivity contribution < 1.29 is 47.7 Å². The van der Waals surface area contributed by atoms with Crippen LogP contribution in [0.5, 0.6) is 5.75 Å². The van der Waals surface area contributed by atoms with Crippen molar-refractivity contribution in [1.82, 2.24) is 20.9 Å². The summed E-state index contributed by atoms with van der Waals surface area (Å²) in [5.41, 5.74) is -0.104. The number of hydrogen-bond donors (Lipinski definition) is 3. The van der Waals surface area contributed by atoms with Gasteiger partial charge in [0.15, 0.2) is 11.4 Å². The molecule has 0 aliphatic carbocycles. The maximum atomic E-state index is 14.3. The van der Waals surface area contributed by atoms with Gasteiger partial charge in [-0.05, 0) is 50.3 Å². The van der Waals surface area contributed by atoms with E-state index in [0.717, 1.165) is 16.9 Å². The smallest absolute Gasteiger partial charge is 0.308 e. The van der Waals surface area contributed by atoms with Gasteiger partial charge < -0.3 is 34.9 Å². The lowest BCUT2D eigenvalue weighted by molar-refractivity contribution is -0.164. The van der Waals surface area contributed by atoms with Crippen molar-refractivity contribution >= 4 is 69.4 Å². The molecule has 0 aliphatic rings. The van der Waals surface area contributed by atoms with E-state index >= 15 is 0 Å². The molecule has 2 aromatic carbocycles. The molecule has 53 heavy (non-hydrogen) atoms.